The Morgan fingerprint density at radius 2 is 1.92 bits per heavy atom. The molecular formula is C18H18BrClN2O3. The molecule has 1 N–H and O–H groups in total. The van der Waals surface area contributed by atoms with Crippen LogP contribution in [0, 0.1) is 0 Å². The fourth-order valence-electron chi connectivity index (χ4n) is 2.57. The highest BCUT2D eigenvalue weighted by molar-refractivity contribution is 9.10. The molecule has 0 unspecified atom stereocenters. The van der Waals surface area contributed by atoms with Gasteiger partial charge in [0.1, 0.15) is 13.2 Å². The van der Waals surface area contributed by atoms with Crippen molar-refractivity contribution in [2.45, 2.75) is 6.54 Å². The standard InChI is InChI=1S/C18H18BrClN2O3/c1-22(11-18(23)21-15-5-3-2-4-14(15)20)10-12-8-16-17(9-13(12)19)25-7-6-24-16/h2-5,8-9H,6-7,10-11H2,1H3,(H,21,23). The van der Waals surface area contributed by atoms with Gasteiger partial charge in [-0.25, -0.2) is 0 Å². The first kappa shape index (κ1) is 18.0. The van der Waals surface area contributed by atoms with Crippen LogP contribution in [-0.4, -0.2) is 37.6 Å². The van der Waals surface area contributed by atoms with Crippen LogP contribution in [0.1, 0.15) is 5.56 Å². The zero-order chi connectivity index (χ0) is 17.8. The van der Waals surface area contributed by atoms with Gasteiger partial charge in [-0.1, -0.05) is 39.7 Å². The largest absolute Gasteiger partial charge is 0.486 e. The second-order valence-corrected chi connectivity index (χ2v) is 7.05. The zero-order valence-corrected chi connectivity index (χ0v) is 16.1. The third-order valence-corrected chi connectivity index (χ3v) is 4.78. The summed E-state index contributed by atoms with van der Waals surface area (Å²) in [6.07, 6.45) is 0. The smallest absolute Gasteiger partial charge is 0.238 e. The minimum Gasteiger partial charge on any atom is -0.486 e. The summed E-state index contributed by atoms with van der Waals surface area (Å²) in [6.45, 7) is 1.93. The van der Waals surface area contributed by atoms with E-state index in [-0.39, 0.29) is 12.5 Å². The molecule has 3 rings (SSSR count). The lowest BCUT2D eigenvalue weighted by Crippen LogP contribution is -2.30. The summed E-state index contributed by atoms with van der Waals surface area (Å²) in [5.74, 6) is 1.35. The molecule has 2 aromatic carbocycles. The van der Waals surface area contributed by atoms with Crippen molar-refractivity contribution in [2.24, 2.45) is 0 Å². The van der Waals surface area contributed by atoms with E-state index in [0.717, 1.165) is 21.5 Å². The van der Waals surface area contributed by atoms with Crippen LogP contribution in [-0.2, 0) is 11.3 Å². The SMILES string of the molecule is CN(CC(=O)Nc1ccccc1Cl)Cc1cc2c(cc1Br)OCCO2. The maximum Gasteiger partial charge on any atom is 0.238 e. The Bertz CT molecular complexity index is 785. The Morgan fingerprint density at radius 3 is 2.64 bits per heavy atom. The number of likely N-dealkylation sites (N-methyl/N-ethyl adjacent to an activating group) is 1. The number of halogens is 2. The summed E-state index contributed by atoms with van der Waals surface area (Å²) in [5.41, 5.74) is 1.64. The maximum atomic E-state index is 12.2. The summed E-state index contributed by atoms with van der Waals surface area (Å²) >= 11 is 9.62. The lowest BCUT2D eigenvalue weighted by Gasteiger charge is -2.22. The highest BCUT2D eigenvalue weighted by Gasteiger charge is 2.16. The van der Waals surface area contributed by atoms with Gasteiger partial charge in [-0.15, -0.1) is 0 Å². The van der Waals surface area contributed by atoms with Gasteiger partial charge >= 0.3 is 0 Å². The molecule has 1 amide bonds. The van der Waals surface area contributed by atoms with E-state index in [0.29, 0.717) is 30.5 Å². The summed E-state index contributed by atoms with van der Waals surface area (Å²) < 4.78 is 12.1. The quantitative estimate of drug-likeness (QED) is 0.788. The minimum atomic E-state index is -0.121. The number of carbonyl (C=O) groups is 1. The van der Waals surface area contributed by atoms with Gasteiger partial charge in [0.2, 0.25) is 5.91 Å². The molecule has 0 bridgehead atoms. The van der Waals surface area contributed by atoms with Crippen molar-refractivity contribution in [3.8, 4) is 11.5 Å². The van der Waals surface area contributed by atoms with Gasteiger partial charge in [0, 0.05) is 11.0 Å². The number of anilines is 1. The number of para-hydroxylation sites is 1. The molecule has 0 fully saturated rings. The normalized spacial score (nSPS) is 13.0. The Kier molecular flexibility index (Phi) is 5.83. The number of hydrogen-bond donors (Lipinski definition) is 1. The third-order valence-electron chi connectivity index (χ3n) is 3.71. The van der Waals surface area contributed by atoms with E-state index in [4.69, 9.17) is 21.1 Å². The zero-order valence-electron chi connectivity index (χ0n) is 13.7. The molecule has 0 aliphatic carbocycles. The number of rotatable bonds is 5. The summed E-state index contributed by atoms with van der Waals surface area (Å²) in [7, 11) is 1.88. The van der Waals surface area contributed by atoms with Crippen LogP contribution in [0.25, 0.3) is 0 Å². The Labute approximate surface area is 160 Å². The van der Waals surface area contributed by atoms with E-state index in [1.807, 2.05) is 36.2 Å². The Morgan fingerprint density at radius 1 is 1.24 bits per heavy atom. The Balaban J connectivity index is 1.61. The van der Waals surface area contributed by atoms with E-state index >= 15 is 0 Å². The molecule has 132 valence electrons. The van der Waals surface area contributed by atoms with Gasteiger partial charge in [-0.3, -0.25) is 9.69 Å². The number of nitrogens with zero attached hydrogens (tertiary/aromatic N) is 1. The number of carbonyl (C=O) groups excluding carboxylic acids is 1. The van der Waals surface area contributed by atoms with E-state index in [2.05, 4.69) is 21.2 Å². The second-order valence-electron chi connectivity index (χ2n) is 5.79. The summed E-state index contributed by atoms with van der Waals surface area (Å²) in [4.78, 5) is 14.1. The molecule has 0 saturated carbocycles. The average molecular weight is 426 g/mol. The van der Waals surface area contributed by atoms with Crippen LogP contribution in [0.15, 0.2) is 40.9 Å². The maximum absolute atomic E-state index is 12.2. The van der Waals surface area contributed by atoms with Crippen molar-refractivity contribution < 1.29 is 14.3 Å². The second kappa shape index (κ2) is 8.08. The molecule has 5 nitrogen and oxygen atoms in total. The van der Waals surface area contributed by atoms with Gasteiger partial charge < -0.3 is 14.8 Å². The van der Waals surface area contributed by atoms with E-state index in [9.17, 15) is 4.79 Å². The molecule has 0 saturated heterocycles. The molecule has 0 aromatic heterocycles. The summed E-state index contributed by atoms with van der Waals surface area (Å²) in [5, 5.41) is 3.34. The van der Waals surface area contributed by atoms with Crippen LogP contribution in [0.2, 0.25) is 5.02 Å². The molecular weight excluding hydrogens is 408 g/mol. The van der Waals surface area contributed by atoms with Crippen molar-refractivity contribution in [3.05, 3.63) is 51.5 Å². The fourth-order valence-corrected chi connectivity index (χ4v) is 3.20. The van der Waals surface area contributed by atoms with Crippen LogP contribution < -0.4 is 14.8 Å². The lowest BCUT2D eigenvalue weighted by atomic mass is 10.2. The predicted octanol–water partition coefficient (Wildman–Crippen LogP) is 3.94. The first-order chi connectivity index (χ1) is 12.0. The van der Waals surface area contributed by atoms with Gasteiger partial charge in [0.25, 0.3) is 0 Å². The van der Waals surface area contributed by atoms with Crippen LogP contribution in [0.3, 0.4) is 0 Å². The molecule has 0 radical (unpaired) electrons. The van der Waals surface area contributed by atoms with E-state index in [1.54, 1.807) is 12.1 Å². The third kappa shape index (κ3) is 4.66. The number of benzene rings is 2. The van der Waals surface area contributed by atoms with E-state index in [1.165, 1.54) is 0 Å². The van der Waals surface area contributed by atoms with Crippen molar-refractivity contribution in [3.63, 3.8) is 0 Å². The number of nitrogens with one attached hydrogen (secondary N) is 1. The van der Waals surface area contributed by atoms with E-state index < -0.39 is 0 Å². The number of fused-ring (bicyclic) bond motifs is 1. The van der Waals surface area contributed by atoms with Crippen molar-refractivity contribution in [1.82, 2.24) is 4.90 Å². The van der Waals surface area contributed by atoms with Crippen LogP contribution >= 0.6 is 27.5 Å². The van der Waals surface area contributed by atoms with Gasteiger partial charge in [-0.05, 0) is 36.9 Å². The van der Waals surface area contributed by atoms with Crippen LogP contribution in [0.4, 0.5) is 5.69 Å². The number of ether oxygens (including phenoxy) is 2. The van der Waals surface area contributed by atoms with Gasteiger partial charge in [0.15, 0.2) is 11.5 Å². The van der Waals surface area contributed by atoms with Gasteiger partial charge in [-0.2, -0.15) is 0 Å². The lowest BCUT2D eigenvalue weighted by molar-refractivity contribution is -0.117. The summed E-state index contributed by atoms with van der Waals surface area (Å²) in [6, 6.07) is 11.0. The molecule has 7 heteroatoms. The first-order valence-electron chi connectivity index (χ1n) is 7.84. The monoisotopic (exact) mass is 424 g/mol. The molecule has 1 heterocycles. The van der Waals surface area contributed by atoms with Gasteiger partial charge in [0.05, 0.1) is 17.3 Å². The molecule has 0 atom stereocenters. The predicted molar refractivity (Wildman–Crippen MR) is 102 cm³/mol. The average Bonchev–Trinajstić information content (AvgIpc) is 2.57. The number of amides is 1. The molecule has 25 heavy (non-hydrogen) atoms. The highest BCUT2D eigenvalue weighted by atomic mass is 79.9. The molecule has 1 aliphatic rings. The fraction of sp³-hybridized carbons (Fsp3) is 0.278. The van der Waals surface area contributed by atoms with Crippen molar-refractivity contribution in [1.29, 1.82) is 0 Å². The van der Waals surface area contributed by atoms with Crippen molar-refractivity contribution >= 4 is 39.1 Å². The molecule has 2 aromatic rings. The number of hydrogen-bond acceptors (Lipinski definition) is 4. The highest BCUT2D eigenvalue weighted by Crippen LogP contribution is 2.35. The minimum absolute atomic E-state index is 0.121. The molecule has 0 spiro atoms. The molecule has 1 aliphatic heterocycles. The topological polar surface area (TPSA) is 50.8 Å². The van der Waals surface area contributed by atoms with Crippen LogP contribution in [0.5, 0.6) is 11.5 Å². The van der Waals surface area contributed by atoms with Crippen molar-refractivity contribution in [2.75, 3.05) is 32.1 Å². The first-order valence-corrected chi connectivity index (χ1v) is 9.01. The Hall–Kier alpha value is -1.76.